The van der Waals surface area contributed by atoms with Crippen molar-refractivity contribution in [1.29, 1.82) is 0 Å². The molecule has 0 aliphatic heterocycles. The Morgan fingerprint density at radius 2 is 1.88 bits per heavy atom. The van der Waals surface area contributed by atoms with Crippen LogP contribution in [-0.4, -0.2) is 14.2 Å². The maximum atomic E-state index is 10.9. The normalized spacial score (nSPS) is 13.4. The molecule has 6 heteroatoms. The van der Waals surface area contributed by atoms with Crippen molar-refractivity contribution >= 4 is 16.1 Å². The van der Waals surface area contributed by atoms with Gasteiger partial charge in [-0.3, -0.25) is 8.98 Å². The Morgan fingerprint density at radius 1 is 1.35 bits per heavy atom. The third-order valence-corrected chi connectivity index (χ3v) is 2.74. The maximum absolute atomic E-state index is 10.9. The average molecular weight is 257 g/mol. The highest BCUT2D eigenvalue weighted by atomic mass is 32.2. The van der Waals surface area contributed by atoms with Crippen LogP contribution in [-0.2, 0) is 25.7 Å². The summed E-state index contributed by atoms with van der Waals surface area (Å²) in [6.07, 6.45) is -0.276. The van der Waals surface area contributed by atoms with Crippen molar-refractivity contribution in [1.82, 2.24) is 0 Å². The molecule has 5 nitrogen and oxygen atoms in total. The standard InChI is InChI=1S/C11H15NO4S/c1-8(13)7-10-3-5-11(6-4-10)9(2)16-17(12,14)15/h3-6,9H,7H2,1-2H3,(H2,12,14,15). The average Bonchev–Trinajstić information content (AvgIpc) is 2.15. The molecule has 0 fully saturated rings. The first-order valence-corrected chi connectivity index (χ1v) is 6.54. The van der Waals surface area contributed by atoms with E-state index in [4.69, 9.17) is 5.14 Å². The molecule has 1 aromatic carbocycles. The zero-order chi connectivity index (χ0) is 13.1. The van der Waals surface area contributed by atoms with Gasteiger partial charge in [-0.25, -0.2) is 5.14 Å². The first-order valence-electron chi connectivity index (χ1n) is 5.07. The van der Waals surface area contributed by atoms with E-state index >= 15 is 0 Å². The van der Waals surface area contributed by atoms with Crippen LogP contribution in [0.3, 0.4) is 0 Å². The van der Waals surface area contributed by atoms with E-state index in [1.54, 1.807) is 31.2 Å². The molecule has 0 spiro atoms. The van der Waals surface area contributed by atoms with Crippen molar-refractivity contribution in [2.75, 3.05) is 0 Å². The molecule has 0 saturated heterocycles. The van der Waals surface area contributed by atoms with Gasteiger partial charge in [0.05, 0.1) is 0 Å². The number of Topliss-reactive ketones (excluding diaryl/α,β-unsaturated/α-hetero) is 1. The van der Waals surface area contributed by atoms with E-state index in [2.05, 4.69) is 4.18 Å². The SMILES string of the molecule is CC(=O)Cc1ccc(C(C)OS(N)(=O)=O)cc1. The van der Waals surface area contributed by atoms with Gasteiger partial charge in [-0.15, -0.1) is 0 Å². The van der Waals surface area contributed by atoms with E-state index in [1.165, 1.54) is 6.92 Å². The molecule has 1 aromatic rings. The minimum absolute atomic E-state index is 0.0755. The van der Waals surface area contributed by atoms with Gasteiger partial charge in [-0.1, -0.05) is 24.3 Å². The molecular weight excluding hydrogens is 242 g/mol. The lowest BCUT2D eigenvalue weighted by molar-refractivity contribution is -0.116. The molecule has 2 N–H and O–H groups in total. The fourth-order valence-electron chi connectivity index (χ4n) is 1.45. The van der Waals surface area contributed by atoms with Crippen LogP contribution in [0.5, 0.6) is 0 Å². The van der Waals surface area contributed by atoms with Gasteiger partial charge in [0.1, 0.15) is 11.9 Å². The lowest BCUT2D eigenvalue weighted by atomic mass is 10.1. The summed E-state index contributed by atoms with van der Waals surface area (Å²) in [5.74, 6) is 0.0755. The van der Waals surface area contributed by atoms with Crippen LogP contribution in [0.4, 0.5) is 0 Å². The minimum Gasteiger partial charge on any atom is -0.300 e. The van der Waals surface area contributed by atoms with Crippen LogP contribution in [0.2, 0.25) is 0 Å². The molecule has 1 rings (SSSR count). The zero-order valence-corrected chi connectivity index (χ0v) is 10.5. The molecule has 0 radical (unpaired) electrons. The van der Waals surface area contributed by atoms with Crippen LogP contribution in [0.25, 0.3) is 0 Å². The number of carbonyl (C=O) groups excluding carboxylic acids is 1. The Labute approximate surface area is 101 Å². The maximum Gasteiger partial charge on any atom is 0.333 e. The molecule has 1 unspecified atom stereocenters. The quantitative estimate of drug-likeness (QED) is 0.855. The lowest BCUT2D eigenvalue weighted by Crippen LogP contribution is -2.18. The first-order chi connectivity index (χ1) is 7.78. The van der Waals surface area contributed by atoms with Gasteiger partial charge < -0.3 is 0 Å². The summed E-state index contributed by atoms with van der Waals surface area (Å²) in [6, 6.07) is 6.96. The summed E-state index contributed by atoms with van der Waals surface area (Å²) in [5, 5.41) is 4.77. The van der Waals surface area contributed by atoms with E-state index in [0.29, 0.717) is 12.0 Å². The lowest BCUT2D eigenvalue weighted by Gasteiger charge is -2.11. The third kappa shape index (κ3) is 5.08. The molecule has 0 heterocycles. The number of ketones is 1. The van der Waals surface area contributed by atoms with Gasteiger partial charge in [0.25, 0.3) is 0 Å². The number of hydrogen-bond donors (Lipinski definition) is 1. The number of hydrogen-bond acceptors (Lipinski definition) is 4. The van der Waals surface area contributed by atoms with Crippen LogP contribution >= 0.6 is 0 Å². The van der Waals surface area contributed by atoms with Gasteiger partial charge >= 0.3 is 10.3 Å². The second kappa shape index (κ2) is 5.39. The number of carbonyl (C=O) groups is 1. The Kier molecular flexibility index (Phi) is 4.39. The van der Waals surface area contributed by atoms with Gasteiger partial charge in [-0.05, 0) is 25.0 Å². The highest BCUT2D eigenvalue weighted by Crippen LogP contribution is 2.18. The Morgan fingerprint density at radius 3 is 2.29 bits per heavy atom. The molecule has 0 aliphatic carbocycles. The van der Waals surface area contributed by atoms with E-state index < -0.39 is 16.4 Å². The monoisotopic (exact) mass is 257 g/mol. The predicted octanol–water partition coefficient (Wildman–Crippen LogP) is 1.10. The van der Waals surface area contributed by atoms with Gasteiger partial charge in [0.15, 0.2) is 0 Å². The molecule has 94 valence electrons. The molecule has 1 atom stereocenters. The van der Waals surface area contributed by atoms with E-state index in [9.17, 15) is 13.2 Å². The summed E-state index contributed by atoms with van der Waals surface area (Å²) < 4.78 is 26.1. The molecule has 0 amide bonds. The van der Waals surface area contributed by atoms with E-state index in [0.717, 1.165) is 5.56 Å². The number of benzene rings is 1. The molecular formula is C11H15NO4S. The number of nitrogens with two attached hydrogens (primary N) is 1. The zero-order valence-electron chi connectivity index (χ0n) is 9.71. The number of rotatable bonds is 5. The van der Waals surface area contributed by atoms with Crippen molar-refractivity contribution in [3.63, 3.8) is 0 Å². The Balaban J connectivity index is 2.77. The van der Waals surface area contributed by atoms with Crippen LogP contribution in [0.15, 0.2) is 24.3 Å². The first kappa shape index (κ1) is 13.8. The largest absolute Gasteiger partial charge is 0.333 e. The second-order valence-corrected chi connectivity index (χ2v) is 5.03. The molecule has 0 aliphatic rings. The van der Waals surface area contributed by atoms with Crippen LogP contribution in [0.1, 0.15) is 31.1 Å². The van der Waals surface area contributed by atoms with Gasteiger partial charge in [-0.2, -0.15) is 8.42 Å². The van der Waals surface area contributed by atoms with Crippen molar-refractivity contribution in [3.8, 4) is 0 Å². The minimum atomic E-state index is -3.95. The summed E-state index contributed by atoms with van der Waals surface area (Å²) in [4.78, 5) is 10.9. The summed E-state index contributed by atoms with van der Waals surface area (Å²) >= 11 is 0. The topological polar surface area (TPSA) is 86.5 Å². The molecule has 17 heavy (non-hydrogen) atoms. The Bertz CT molecular complexity index is 493. The van der Waals surface area contributed by atoms with Crippen molar-refractivity contribution in [2.45, 2.75) is 26.4 Å². The summed E-state index contributed by atoms with van der Waals surface area (Å²) in [7, 11) is -3.95. The smallest absolute Gasteiger partial charge is 0.300 e. The van der Waals surface area contributed by atoms with E-state index in [-0.39, 0.29) is 5.78 Å². The highest BCUT2D eigenvalue weighted by molar-refractivity contribution is 7.84. The van der Waals surface area contributed by atoms with Crippen LogP contribution < -0.4 is 5.14 Å². The highest BCUT2D eigenvalue weighted by Gasteiger charge is 2.12. The van der Waals surface area contributed by atoms with Crippen molar-refractivity contribution in [2.24, 2.45) is 5.14 Å². The second-order valence-electron chi connectivity index (χ2n) is 3.85. The summed E-state index contributed by atoms with van der Waals surface area (Å²) in [5.41, 5.74) is 1.57. The van der Waals surface area contributed by atoms with Gasteiger partial charge in [0, 0.05) is 6.42 Å². The summed E-state index contributed by atoms with van der Waals surface area (Å²) in [6.45, 7) is 3.10. The fourth-order valence-corrected chi connectivity index (χ4v) is 1.96. The van der Waals surface area contributed by atoms with E-state index in [1.807, 2.05) is 0 Å². The molecule has 0 aromatic heterocycles. The Hall–Kier alpha value is -1.24. The van der Waals surface area contributed by atoms with Crippen molar-refractivity contribution in [3.05, 3.63) is 35.4 Å². The third-order valence-electron chi connectivity index (χ3n) is 2.18. The molecule has 0 bridgehead atoms. The molecule has 0 saturated carbocycles. The van der Waals surface area contributed by atoms with Crippen molar-refractivity contribution < 1.29 is 17.4 Å². The predicted molar refractivity (Wildman–Crippen MR) is 63.4 cm³/mol. The van der Waals surface area contributed by atoms with Gasteiger partial charge in [0.2, 0.25) is 0 Å². The van der Waals surface area contributed by atoms with Crippen LogP contribution in [0, 0.1) is 0 Å². The fraction of sp³-hybridized carbons (Fsp3) is 0.364.